The lowest BCUT2D eigenvalue weighted by atomic mass is 9.98. The number of carbonyl (C=O) groups is 1. The molecular formula is C24H29ClN2O. The summed E-state index contributed by atoms with van der Waals surface area (Å²) in [7, 11) is 0. The van der Waals surface area contributed by atoms with Gasteiger partial charge in [0, 0.05) is 24.5 Å². The van der Waals surface area contributed by atoms with Crippen LogP contribution in [0.2, 0.25) is 0 Å². The molecule has 148 valence electrons. The third kappa shape index (κ3) is 3.97. The molecule has 2 bridgehead atoms. The molecule has 0 radical (unpaired) electrons. The average Bonchev–Trinajstić information content (AvgIpc) is 3.21. The van der Waals surface area contributed by atoms with Crippen molar-refractivity contribution in [2.75, 3.05) is 0 Å². The third-order valence-electron chi connectivity index (χ3n) is 6.57. The standard InChI is InChI=1S/C24H28N2O.ClH/c27-24(26-21-14-19-10-11-20(15-21)25-19)7-3-4-16-8-9-18-13-17-5-1-2-6-22(17)23(18)12-16;/h1-2,5-6,8-9,12,19-21,25H,3-4,7,10-11,13-15H2,(H,26,27);1H. The summed E-state index contributed by atoms with van der Waals surface area (Å²) >= 11 is 0. The van der Waals surface area contributed by atoms with Crippen LogP contribution in [-0.4, -0.2) is 24.0 Å². The monoisotopic (exact) mass is 396 g/mol. The van der Waals surface area contributed by atoms with Crippen molar-refractivity contribution in [3.05, 3.63) is 59.2 Å². The van der Waals surface area contributed by atoms with E-state index in [1.54, 1.807) is 0 Å². The van der Waals surface area contributed by atoms with Gasteiger partial charge < -0.3 is 10.6 Å². The van der Waals surface area contributed by atoms with Crippen LogP contribution < -0.4 is 10.6 Å². The van der Waals surface area contributed by atoms with Gasteiger partial charge in [0.05, 0.1) is 0 Å². The number of carbonyl (C=O) groups excluding carboxylic acids is 1. The molecule has 2 aliphatic heterocycles. The number of piperidine rings is 1. The molecule has 2 atom stereocenters. The third-order valence-corrected chi connectivity index (χ3v) is 6.57. The molecule has 2 N–H and O–H groups in total. The number of hydrogen-bond acceptors (Lipinski definition) is 2. The summed E-state index contributed by atoms with van der Waals surface area (Å²) in [6, 6.07) is 17.2. The van der Waals surface area contributed by atoms with E-state index in [-0.39, 0.29) is 18.3 Å². The fourth-order valence-electron chi connectivity index (χ4n) is 5.25. The second-order valence-electron chi connectivity index (χ2n) is 8.55. The van der Waals surface area contributed by atoms with Crippen molar-refractivity contribution in [1.29, 1.82) is 0 Å². The molecule has 5 rings (SSSR count). The highest BCUT2D eigenvalue weighted by Gasteiger charge is 2.33. The first kappa shape index (κ1) is 19.5. The Bertz CT molecular complexity index is 853. The van der Waals surface area contributed by atoms with Crippen LogP contribution in [0.4, 0.5) is 0 Å². The van der Waals surface area contributed by atoms with Gasteiger partial charge in [-0.3, -0.25) is 4.79 Å². The lowest BCUT2D eigenvalue weighted by molar-refractivity contribution is -0.122. The second-order valence-corrected chi connectivity index (χ2v) is 8.55. The number of nitrogens with one attached hydrogen (secondary N) is 2. The van der Waals surface area contributed by atoms with Gasteiger partial charge in [-0.2, -0.15) is 0 Å². The average molecular weight is 397 g/mol. The molecule has 28 heavy (non-hydrogen) atoms. The molecule has 0 saturated carbocycles. The smallest absolute Gasteiger partial charge is 0.220 e. The van der Waals surface area contributed by atoms with Crippen molar-refractivity contribution >= 4 is 18.3 Å². The van der Waals surface area contributed by atoms with Gasteiger partial charge in [-0.05, 0) is 72.8 Å². The van der Waals surface area contributed by atoms with Crippen molar-refractivity contribution in [2.24, 2.45) is 0 Å². The molecule has 2 aromatic rings. The highest BCUT2D eigenvalue weighted by molar-refractivity contribution is 5.85. The zero-order chi connectivity index (χ0) is 18.2. The zero-order valence-corrected chi connectivity index (χ0v) is 17.1. The van der Waals surface area contributed by atoms with Crippen LogP contribution in [0.25, 0.3) is 11.1 Å². The Kier molecular flexibility index (Phi) is 5.75. The molecule has 0 spiro atoms. The van der Waals surface area contributed by atoms with Gasteiger partial charge in [-0.25, -0.2) is 0 Å². The summed E-state index contributed by atoms with van der Waals surface area (Å²) in [5.74, 6) is 0.229. The van der Waals surface area contributed by atoms with E-state index in [4.69, 9.17) is 0 Å². The summed E-state index contributed by atoms with van der Waals surface area (Å²) in [4.78, 5) is 12.4. The molecule has 1 aliphatic carbocycles. The van der Waals surface area contributed by atoms with Crippen molar-refractivity contribution < 1.29 is 4.79 Å². The molecule has 3 aliphatic rings. The summed E-state index contributed by atoms with van der Waals surface area (Å²) in [6.45, 7) is 0. The van der Waals surface area contributed by atoms with E-state index in [9.17, 15) is 4.79 Å². The van der Waals surface area contributed by atoms with Gasteiger partial charge in [0.1, 0.15) is 0 Å². The van der Waals surface area contributed by atoms with Gasteiger partial charge in [-0.1, -0.05) is 42.5 Å². The van der Waals surface area contributed by atoms with Gasteiger partial charge >= 0.3 is 0 Å². The summed E-state index contributed by atoms with van der Waals surface area (Å²) < 4.78 is 0. The molecule has 1 amide bonds. The van der Waals surface area contributed by atoms with Crippen LogP contribution in [0, 0.1) is 0 Å². The maximum atomic E-state index is 12.4. The van der Waals surface area contributed by atoms with Crippen LogP contribution in [0.1, 0.15) is 55.2 Å². The molecule has 2 unspecified atom stereocenters. The lowest BCUT2D eigenvalue weighted by Crippen LogP contribution is -2.48. The molecule has 2 fully saturated rings. The Hall–Kier alpha value is -1.84. The van der Waals surface area contributed by atoms with E-state index in [2.05, 4.69) is 53.1 Å². The van der Waals surface area contributed by atoms with E-state index < -0.39 is 0 Å². The minimum absolute atomic E-state index is 0. The highest BCUT2D eigenvalue weighted by atomic mass is 35.5. The zero-order valence-electron chi connectivity index (χ0n) is 16.2. The quantitative estimate of drug-likeness (QED) is 0.671. The number of benzene rings is 2. The predicted octanol–water partition coefficient (Wildman–Crippen LogP) is 4.40. The predicted molar refractivity (Wildman–Crippen MR) is 116 cm³/mol. The Balaban J connectivity index is 0.00000192. The summed E-state index contributed by atoms with van der Waals surface area (Å²) in [5, 5.41) is 6.92. The number of amides is 1. The Morgan fingerprint density at radius 1 is 1.00 bits per heavy atom. The SMILES string of the molecule is Cl.O=C(CCCc1ccc2c(c1)-c1ccccc1C2)NC1CC2CCC(C1)N2. The number of halogens is 1. The Morgan fingerprint density at radius 3 is 2.57 bits per heavy atom. The molecular weight excluding hydrogens is 368 g/mol. The topological polar surface area (TPSA) is 41.1 Å². The van der Waals surface area contributed by atoms with E-state index in [0.717, 1.165) is 32.1 Å². The molecule has 3 nitrogen and oxygen atoms in total. The van der Waals surface area contributed by atoms with Crippen LogP contribution in [0.15, 0.2) is 42.5 Å². The van der Waals surface area contributed by atoms with Gasteiger partial charge in [0.25, 0.3) is 0 Å². The van der Waals surface area contributed by atoms with E-state index in [1.165, 1.54) is 40.7 Å². The van der Waals surface area contributed by atoms with E-state index >= 15 is 0 Å². The maximum Gasteiger partial charge on any atom is 0.220 e. The van der Waals surface area contributed by atoms with E-state index in [1.807, 2.05) is 0 Å². The van der Waals surface area contributed by atoms with Gasteiger partial charge in [-0.15, -0.1) is 12.4 Å². The van der Waals surface area contributed by atoms with Crippen LogP contribution in [-0.2, 0) is 17.6 Å². The summed E-state index contributed by atoms with van der Waals surface area (Å²) in [5.41, 5.74) is 6.97. The van der Waals surface area contributed by atoms with Gasteiger partial charge in [0.2, 0.25) is 5.91 Å². The molecule has 2 heterocycles. The second kappa shape index (κ2) is 8.26. The number of rotatable bonds is 5. The first-order chi connectivity index (χ1) is 13.2. The number of hydrogen-bond donors (Lipinski definition) is 2. The number of fused-ring (bicyclic) bond motifs is 5. The minimum atomic E-state index is 0. The van der Waals surface area contributed by atoms with Crippen molar-refractivity contribution in [3.63, 3.8) is 0 Å². The largest absolute Gasteiger partial charge is 0.353 e. The van der Waals surface area contributed by atoms with Crippen molar-refractivity contribution in [1.82, 2.24) is 10.6 Å². The molecule has 2 aromatic carbocycles. The maximum absolute atomic E-state index is 12.4. The summed E-state index contributed by atoms with van der Waals surface area (Å²) in [6.07, 6.45) is 8.33. The fraction of sp³-hybridized carbons (Fsp3) is 0.458. The molecule has 4 heteroatoms. The lowest BCUT2D eigenvalue weighted by Gasteiger charge is -2.29. The van der Waals surface area contributed by atoms with Crippen molar-refractivity contribution in [2.45, 2.75) is 69.5 Å². The van der Waals surface area contributed by atoms with Gasteiger partial charge in [0.15, 0.2) is 0 Å². The van der Waals surface area contributed by atoms with Crippen LogP contribution in [0.3, 0.4) is 0 Å². The van der Waals surface area contributed by atoms with Crippen LogP contribution >= 0.6 is 12.4 Å². The Morgan fingerprint density at radius 2 is 1.75 bits per heavy atom. The molecule has 0 aromatic heterocycles. The minimum Gasteiger partial charge on any atom is -0.353 e. The fourth-order valence-corrected chi connectivity index (χ4v) is 5.25. The first-order valence-corrected chi connectivity index (χ1v) is 10.5. The first-order valence-electron chi connectivity index (χ1n) is 10.5. The Labute approximate surface area is 173 Å². The van der Waals surface area contributed by atoms with Crippen molar-refractivity contribution in [3.8, 4) is 11.1 Å². The highest BCUT2D eigenvalue weighted by Crippen LogP contribution is 2.37. The number of aryl methyl sites for hydroxylation is 1. The molecule has 2 saturated heterocycles. The normalized spacial score (nSPS) is 24.2. The van der Waals surface area contributed by atoms with E-state index in [0.29, 0.717) is 24.5 Å². The van der Waals surface area contributed by atoms with Crippen LogP contribution in [0.5, 0.6) is 0 Å².